The maximum Gasteiger partial charge on any atom is 0.472 e. The van der Waals surface area contributed by atoms with Crippen molar-refractivity contribution in [3.05, 3.63) is 59.3 Å². The molecule has 6 atom stereocenters. The van der Waals surface area contributed by atoms with Gasteiger partial charge in [-0.1, -0.05) is 110 Å². The predicted molar refractivity (Wildman–Crippen MR) is 219 cm³/mol. The maximum atomic E-state index is 14.2. The molecule has 0 radical (unpaired) electrons. The highest BCUT2D eigenvalue weighted by atomic mass is 31.2. The normalized spacial score (nSPS) is 22.9. The zero-order valence-corrected chi connectivity index (χ0v) is 35.8. The molecule has 2 aromatic heterocycles. The minimum Gasteiger partial charge on any atom is -0.382 e. The van der Waals surface area contributed by atoms with Crippen molar-refractivity contribution >= 4 is 19.2 Å². The molecule has 2 aliphatic rings. The Morgan fingerprint density at radius 1 is 0.931 bits per heavy atom. The van der Waals surface area contributed by atoms with Crippen LogP contribution >= 0.6 is 7.82 Å². The molecule has 4 heterocycles. The molecule has 2 aliphatic heterocycles. The highest BCUT2D eigenvalue weighted by Crippen LogP contribution is 2.52. The summed E-state index contributed by atoms with van der Waals surface area (Å²) in [7, 11) is -4.63. The summed E-state index contributed by atoms with van der Waals surface area (Å²) in [5, 5.41) is 13.7. The number of phosphoric ester groups is 1. The highest BCUT2D eigenvalue weighted by Gasteiger charge is 2.62. The second-order valence-corrected chi connectivity index (χ2v) is 18.0. The summed E-state index contributed by atoms with van der Waals surface area (Å²) < 4.78 is 65.5. The second-order valence-electron chi connectivity index (χ2n) is 16.6. The zero-order chi connectivity index (χ0) is 41.6. The van der Waals surface area contributed by atoms with Crippen molar-refractivity contribution in [2.75, 3.05) is 18.9 Å². The number of ether oxygens (including phenoxy) is 4. The van der Waals surface area contributed by atoms with Gasteiger partial charge in [0.1, 0.15) is 41.6 Å². The van der Waals surface area contributed by atoms with Crippen LogP contribution in [0.25, 0.3) is 5.52 Å². The molecule has 58 heavy (non-hydrogen) atoms. The third-order valence-corrected chi connectivity index (χ3v) is 12.0. The number of phosphoric acid groups is 1. The molecule has 5 rings (SSSR count). The van der Waals surface area contributed by atoms with Crippen molar-refractivity contribution in [1.82, 2.24) is 14.6 Å². The lowest BCUT2D eigenvalue weighted by atomic mass is 9.97. The fourth-order valence-corrected chi connectivity index (χ4v) is 8.86. The summed E-state index contributed by atoms with van der Waals surface area (Å²) in [6.45, 7) is 7.02. The Labute approximate surface area is 343 Å². The van der Waals surface area contributed by atoms with E-state index in [0.717, 1.165) is 31.7 Å². The largest absolute Gasteiger partial charge is 0.472 e. The molecule has 0 aliphatic carbocycles. The third kappa shape index (κ3) is 13.5. The van der Waals surface area contributed by atoms with Crippen LogP contribution in [-0.4, -0.2) is 62.4 Å². The van der Waals surface area contributed by atoms with Crippen LogP contribution in [0.2, 0.25) is 0 Å². The highest BCUT2D eigenvalue weighted by molar-refractivity contribution is 7.47. The molecule has 2 saturated heterocycles. The van der Waals surface area contributed by atoms with Crippen LogP contribution in [0, 0.1) is 17.1 Å². The van der Waals surface area contributed by atoms with E-state index in [1.165, 1.54) is 89.4 Å². The summed E-state index contributed by atoms with van der Waals surface area (Å²) in [6.07, 6.45) is 19.4. The number of benzene rings is 1. The average molecular weight is 830 g/mol. The monoisotopic (exact) mass is 829 g/mol. The van der Waals surface area contributed by atoms with Gasteiger partial charge in [0.25, 0.3) is 0 Å². The number of nitriles is 1. The number of hydrogen-bond donors (Lipinski definition) is 2. The zero-order valence-electron chi connectivity index (χ0n) is 34.9. The first-order valence-corrected chi connectivity index (χ1v) is 22.9. The molecule has 0 saturated carbocycles. The van der Waals surface area contributed by atoms with Gasteiger partial charge in [-0.3, -0.25) is 9.05 Å². The maximum absolute atomic E-state index is 14.2. The number of nitrogens with zero attached hydrogens (tertiary/aromatic N) is 4. The number of nitrogen functional groups attached to an aromatic ring is 1. The van der Waals surface area contributed by atoms with Crippen LogP contribution in [0.4, 0.5) is 10.2 Å². The van der Waals surface area contributed by atoms with Gasteiger partial charge in [-0.25, -0.2) is 18.5 Å². The standard InChI is InChI=1S/C43H65FN5O8P/c1-5-6-7-8-9-10-11-12-13-14-15-16-17-18-19-20-21-35(52-28-33-24-32(27-45)25-34(44)26-33)29-53-58(50,51)54-30-43(4)40-39(55-42(2,3)57-40)38(56-43)36-22-23-37-41(46)47-31-48-49(36)37/h22-26,31,35,38-40H,5-21,28-30H2,1-4H3,(H,50,51)(H2,46,47,48)/t35-,38-,39-,40-,43+/m0/s1. The summed E-state index contributed by atoms with van der Waals surface area (Å²) in [5.74, 6) is -1.18. The minimum absolute atomic E-state index is 0.00436. The molecule has 13 nitrogen and oxygen atoms in total. The van der Waals surface area contributed by atoms with Crippen molar-refractivity contribution in [3.63, 3.8) is 0 Å². The molecule has 0 spiro atoms. The van der Waals surface area contributed by atoms with E-state index >= 15 is 0 Å². The number of halogens is 1. The summed E-state index contributed by atoms with van der Waals surface area (Å²) in [5.41, 5.74) is 6.79. The van der Waals surface area contributed by atoms with Gasteiger partial charge >= 0.3 is 7.82 Å². The van der Waals surface area contributed by atoms with E-state index in [2.05, 4.69) is 17.0 Å². The SMILES string of the molecule is CCCCCCCCCCCCCCCCCC[C@@H](COP(=O)(O)OC[C@@]1(C)O[C@@H](c2ccc3c(N)ncnn23)[C@@H]2OC(C)(C)O[C@@H]21)OCc1cc(F)cc(C#N)c1. The van der Waals surface area contributed by atoms with Crippen LogP contribution < -0.4 is 5.73 Å². The molecule has 3 aromatic rings. The van der Waals surface area contributed by atoms with Gasteiger partial charge in [0.05, 0.1) is 43.3 Å². The Morgan fingerprint density at radius 3 is 2.21 bits per heavy atom. The molecule has 3 N–H and O–H groups in total. The topological polar surface area (TPSA) is 173 Å². The first-order valence-electron chi connectivity index (χ1n) is 21.4. The fraction of sp³-hybridized carbons (Fsp3) is 0.698. The van der Waals surface area contributed by atoms with Crippen molar-refractivity contribution in [3.8, 4) is 6.07 Å². The molecular weight excluding hydrogens is 764 g/mol. The van der Waals surface area contributed by atoms with Crippen LogP contribution in [0.1, 0.15) is 160 Å². The van der Waals surface area contributed by atoms with Crippen LogP contribution in [-0.2, 0) is 39.2 Å². The van der Waals surface area contributed by atoms with E-state index in [4.69, 9.17) is 33.7 Å². The van der Waals surface area contributed by atoms with Crippen molar-refractivity contribution in [2.45, 2.75) is 179 Å². The molecule has 0 amide bonds. The van der Waals surface area contributed by atoms with Crippen LogP contribution in [0.3, 0.4) is 0 Å². The number of fused-ring (bicyclic) bond motifs is 2. The molecule has 1 unspecified atom stereocenters. The number of nitrogens with two attached hydrogens (primary N) is 1. The fourth-order valence-electron chi connectivity index (χ4n) is 8.01. The molecule has 15 heteroatoms. The van der Waals surface area contributed by atoms with Gasteiger partial charge in [-0.05, 0) is 63.1 Å². The number of hydrogen-bond acceptors (Lipinski definition) is 11. The molecule has 2 fully saturated rings. The quantitative estimate of drug-likeness (QED) is 0.0551. The van der Waals surface area contributed by atoms with E-state index in [1.807, 2.05) is 12.1 Å². The number of rotatable bonds is 27. The van der Waals surface area contributed by atoms with Crippen molar-refractivity contribution < 1.29 is 41.8 Å². The molecule has 1 aromatic carbocycles. The second kappa shape index (κ2) is 22.0. The molecular formula is C43H65FN5O8P. The lowest BCUT2D eigenvalue weighted by Gasteiger charge is -2.31. The Kier molecular flexibility index (Phi) is 17.5. The lowest BCUT2D eigenvalue weighted by Crippen LogP contribution is -2.44. The third-order valence-electron chi connectivity index (χ3n) is 11.1. The average Bonchev–Trinajstić information content (AvgIpc) is 3.85. The summed E-state index contributed by atoms with van der Waals surface area (Å²) >= 11 is 0. The Morgan fingerprint density at radius 2 is 1.57 bits per heavy atom. The van der Waals surface area contributed by atoms with E-state index < -0.39 is 49.4 Å². The van der Waals surface area contributed by atoms with Gasteiger partial charge in [0, 0.05) is 0 Å². The summed E-state index contributed by atoms with van der Waals surface area (Å²) in [6, 6.07) is 9.61. The van der Waals surface area contributed by atoms with Gasteiger partial charge in [-0.2, -0.15) is 10.4 Å². The Hall–Kier alpha value is -2.99. The van der Waals surface area contributed by atoms with Gasteiger partial charge < -0.3 is 29.6 Å². The minimum atomic E-state index is -4.63. The number of aromatic nitrogens is 3. The van der Waals surface area contributed by atoms with Gasteiger partial charge in [0.2, 0.25) is 0 Å². The van der Waals surface area contributed by atoms with Crippen LogP contribution in [0.5, 0.6) is 0 Å². The first-order chi connectivity index (χ1) is 27.8. The number of anilines is 1. The Balaban J connectivity index is 1.10. The predicted octanol–water partition coefficient (Wildman–Crippen LogP) is 10.0. The van der Waals surface area contributed by atoms with Gasteiger partial charge in [0.15, 0.2) is 11.6 Å². The molecule has 0 bridgehead atoms. The number of unbranched alkanes of at least 4 members (excludes halogenated alkanes) is 15. The van der Waals surface area contributed by atoms with E-state index in [9.17, 15) is 19.1 Å². The van der Waals surface area contributed by atoms with Crippen molar-refractivity contribution in [2.24, 2.45) is 0 Å². The van der Waals surface area contributed by atoms with Gasteiger partial charge in [-0.15, -0.1) is 0 Å². The van der Waals surface area contributed by atoms with Crippen LogP contribution in [0.15, 0.2) is 36.7 Å². The van der Waals surface area contributed by atoms with E-state index in [-0.39, 0.29) is 25.4 Å². The van der Waals surface area contributed by atoms with Crippen molar-refractivity contribution in [1.29, 1.82) is 5.26 Å². The Bertz CT molecular complexity index is 1820. The van der Waals surface area contributed by atoms with E-state index in [1.54, 1.807) is 37.4 Å². The molecule has 322 valence electrons. The smallest absolute Gasteiger partial charge is 0.382 e. The summed E-state index contributed by atoms with van der Waals surface area (Å²) in [4.78, 5) is 15.0. The first kappa shape index (κ1) is 46.1. The lowest BCUT2D eigenvalue weighted by molar-refractivity contribution is -0.212. The van der Waals surface area contributed by atoms with E-state index in [0.29, 0.717) is 29.0 Å².